The highest BCUT2D eigenvalue weighted by molar-refractivity contribution is 5.46. The standard InChI is InChI=1S/C13H11F2NO/c14-12-2-1-3-13(15)11(12)8-16-9-4-6-10(17)7-5-9/h1-7,16-17H,8H2. The number of halogens is 2. The summed E-state index contributed by atoms with van der Waals surface area (Å²) in [5, 5.41) is 12.0. The van der Waals surface area contributed by atoms with Crippen LogP contribution in [0.5, 0.6) is 5.75 Å². The first-order chi connectivity index (χ1) is 8.16. The second-order valence-electron chi connectivity index (χ2n) is 3.60. The van der Waals surface area contributed by atoms with E-state index in [1.807, 2.05) is 0 Å². The highest BCUT2D eigenvalue weighted by Gasteiger charge is 2.07. The zero-order valence-electron chi connectivity index (χ0n) is 8.95. The normalized spacial score (nSPS) is 10.2. The van der Waals surface area contributed by atoms with Crippen molar-refractivity contribution in [1.82, 2.24) is 0 Å². The molecule has 88 valence electrons. The molecule has 0 unspecified atom stereocenters. The van der Waals surface area contributed by atoms with Crippen LogP contribution in [0.25, 0.3) is 0 Å². The van der Waals surface area contributed by atoms with Crippen LogP contribution in [0, 0.1) is 11.6 Å². The molecule has 0 aliphatic carbocycles. The third-order valence-corrected chi connectivity index (χ3v) is 2.40. The van der Waals surface area contributed by atoms with Gasteiger partial charge in [-0.1, -0.05) is 6.07 Å². The minimum Gasteiger partial charge on any atom is -0.508 e. The molecular weight excluding hydrogens is 224 g/mol. The van der Waals surface area contributed by atoms with Crippen LogP contribution >= 0.6 is 0 Å². The van der Waals surface area contributed by atoms with Gasteiger partial charge in [0.15, 0.2) is 0 Å². The highest BCUT2D eigenvalue weighted by atomic mass is 19.1. The SMILES string of the molecule is Oc1ccc(NCc2c(F)cccc2F)cc1. The summed E-state index contributed by atoms with van der Waals surface area (Å²) in [6, 6.07) is 10.0. The number of anilines is 1. The van der Waals surface area contributed by atoms with E-state index in [-0.39, 0.29) is 17.9 Å². The molecule has 2 N–H and O–H groups in total. The van der Waals surface area contributed by atoms with E-state index in [0.29, 0.717) is 5.69 Å². The first kappa shape index (κ1) is 11.4. The number of phenols is 1. The largest absolute Gasteiger partial charge is 0.508 e. The average molecular weight is 235 g/mol. The zero-order valence-corrected chi connectivity index (χ0v) is 8.95. The summed E-state index contributed by atoms with van der Waals surface area (Å²) in [5.74, 6) is -1.000. The molecule has 0 radical (unpaired) electrons. The molecule has 0 amide bonds. The number of hydrogen-bond acceptors (Lipinski definition) is 2. The van der Waals surface area contributed by atoms with Gasteiger partial charge in [-0.15, -0.1) is 0 Å². The predicted molar refractivity (Wildman–Crippen MR) is 61.8 cm³/mol. The van der Waals surface area contributed by atoms with Gasteiger partial charge in [-0.2, -0.15) is 0 Å². The van der Waals surface area contributed by atoms with Gasteiger partial charge >= 0.3 is 0 Å². The molecule has 0 fully saturated rings. The zero-order chi connectivity index (χ0) is 12.3. The van der Waals surface area contributed by atoms with Gasteiger partial charge in [-0.05, 0) is 36.4 Å². The maximum absolute atomic E-state index is 13.3. The molecule has 0 bridgehead atoms. The Morgan fingerprint density at radius 3 is 2.12 bits per heavy atom. The molecule has 0 saturated heterocycles. The van der Waals surface area contributed by atoms with E-state index < -0.39 is 11.6 Å². The van der Waals surface area contributed by atoms with Gasteiger partial charge in [-0.25, -0.2) is 8.78 Å². The van der Waals surface area contributed by atoms with Crippen molar-refractivity contribution in [2.24, 2.45) is 0 Å². The van der Waals surface area contributed by atoms with E-state index in [4.69, 9.17) is 5.11 Å². The quantitative estimate of drug-likeness (QED) is 0.800. The molecule has 4 heteroatoms. The van der Waals surface area contributed by atoms with Gasteiger partial charge in [0.1, 0.15) is 17.4 Å². The van der Waals surface area contributed by atoms with E-state index in [9.17, 15) is 8.78 Å². The molecule has 2 aromatic carbocycles. The summed E-state index contributed by atoms with van der Waals surface area (Å²) >= 11 is 0. The predicted octanol–water partition coefficient (Wildman–Crippen LogP) is 3.28. The lowest BCUT2D eigenvalue weighted by atomic mass is 10.2. The van der Waals surface area contributed by atoms with E-state index in [1.54, 1.807) is 12.1 Å². The van der Waals surface area contributed by atoms with Gasteiger partial charge in [0.2, 0.25) is 0 Å². The van der Waals surface area contributed by atoms with Gasteiger partial charge in [0, 0.05) is 17.8 Å². The first-order valence-electron chi connectivity index (χ1n) is 5.12. The monoisotopic (exact) mass is 235 g/mol. The van der Waals surface area contributed by atoms with Crippen LogP contribution in [0.1, 0.15) is 5.56 Å². The van der Waals surface area contributed by atoms with Gasteiger partial charge in [-0.3, -0.25) is 0 Å². The van der Waals surface area contributed by atoms with Crippen molar-refractivity contribution in [3.05, 3.63) is 59.7 Å². The van der Waals surface area contributed by atoms with Crippen LogP contribution in [0.2, 0.25) is 0 Å². The number of phenolic OH excluding ortho intramolecular Hbond substituents is 1. The minimum absolute atomic E-state index is 0.000532. The Kier molecular flexibility index (Phi) is 3.23. The lowest BCUT2D eigenvalue weighted by Gasteiger charge is -2.08. The Morgan fingerprint density at radius 1 is 0.941 bits per heavy atom. The maximum atomic E-state index is 13.3. The summed E-state index contributed by atoms with van der Waals surface area (Å²) in [4.78, 5) is 0. The fraction of sp³-hybridized carbons (Fsp3) is 0.0769. The van der Waals surface area contributed by atoms with Crippen molar-refractivity contribution >= 4 is 5.69 Å². The molecule has 0 spiro atoms. The van der Waals surface area contributed by atoms with Crippen molar-refractivity contribution < 1.29 is 13.9 Å². The van der Waals surface area contributed by atoms with Gasteiger partial charge in [0.05, 0.1) is 0 Å². The van der Waals surface area contributed by atoms with E-state index in [2.05, 4.69) is 5.32 Å². The minimum atomic E-state index is -0.573. The Hall–Kier alpha value is -2.10. The van der Waals surface area contributed by atoms with E-state index in [0.717, 1.165) is 0 Å². The summed E-state index contributed by atoms with van der Waals surface area (Å²) in [7, 11) is 0. The summed E-state index contributed by atoms with van der Waals surface area (Å²) in [6.45, 7) is 0.0588. The molecule has 0 heterocycles. The third-order valence-electron chi connectivity index (χ3n) is 2.40. The number of benzene rings is 2. The summed E-state index contributed by atoms with van der Waals surface area (Å²) in [5.41, 5.74) is 0.686. The Balaban J connectivity index is 2.10. The van der Waals surface area contributed by atoms with Crippen molar-refractivity contribution in [3.8, 4) is 5.75 Å². The molecule has 0 aliphatic rings. The van der Waals surface area contributed by atoms with Crippen molar-refractivity contribution in [1.29, 1.82) is 0 Å². The number of nitrogens with one attached hydrogen (secondary N) is 1. The fourth-order valence-corrected chi connectivity index (χ4v) is 1.47. The Labute approximate surface area is 97.5 Å². The first-order valence-corrected chi connectivity index (χ1v) is 5.12. The molecule has 0 aromatic heterocycles. The summed E-state index contributed by atoms with van der Waals surface area (Å²) in [6.07, 6.45) is 0. The second kappa shape index (κ2) is 4.82. The Morgan fingerprint density at radius 2 is 1.53 bits per heavy atom. The van der Waals surface area contributed by atoms with Crippen LogP contribution in [-0.2, 0) is 6.54 Å². The maximum Gasteiger partial charge on any atom is 0.131 e. The molecule has 0 saturated carbocycles. The van der Waals surface area contributed by atoms with Crippen LogP contribution in [0.15, 0.2) is 42.5 Å². The van der Waals surface area contributed by atoms with Crippen LogP contribution in [0.3, 0.4) is 0 Å². The molecule has 2 nitrogen and oxygen atoms in total. The lowest BCUT2D eigenvalue weighted by Crippen LogP contribution is -2.04. The number of hydrogen-bond donors (Lipinski definition) is 2. The van der Waals surface area contributed by atoms with Crippen molar-refractivity contribution in [2.45, 2.75) is 6.54 Å². The lowest BCUT2D eigenvalue weighted by molar-refractivity contribution is 0.475. The van der Waals surface area contributed by atoms with Crippen LogP contribution < -0.4 is 5.32 Å². The molecule has 2 rings (SSSR count). The fourth-order valence-electron chi connectivity index (χ4n) is 1.47. The van der Waals surface area contributed by atoms with Crippen LogP contribution in [0.4, 0.5) is 14.5 Å². The van der Waals surface area contributed by atoms with E-state index in [1.165, 1.54) is 30.3 Å². The third kappa shape index (κ3) is 2.72. The van der Waals surface area contributed by atoms with E-state index >= 15 is 0 Å². The number of aromatic hydroxyl groups is 1. The van der Waals surface area contributed by atoms with Gasteiger partial charge < -0.3 is 10.4 Å². The van der Waals surface area contributed by atoms with Crippen LogP contribution in [-0.4, -0.2) is 5.11 Å². The second-order valence-corrected chi connectivity index (χ2v) is 3.60. The average Bonchev–Trinajstić information content (AvgIpc) is 2.31. The van der Waals surface area contributed by atoms with Gasteiger partial charge in [0.25, 0.3) is 0 Å². The topological polar surface area (TPSA) is 32.3 Å². The summed E-state index contributed by atoms with van der Waals surface area (Å²) < 4.78 is 26.6. The van der Waals surface area contributed by atoms with Crippen molar-refractivity contribution in [3.63, 3.8) is 0 Å². The molecular formula is C13H11F2NO. The Bertz CT molecular complexity index is 491. The molecule has 17 heavy (non-hydrogen) atoms. The molecule has 0 atom stereocenters. The highest BCUT2D eigenvalue weighted by Crippen LogP contribution is 2.17. The number of rotatable bonds is 3. The smallest absolute Gasteiger partial charge is 0.131 e. The molecule has 0 aliphatic heterocycles. The van der Waals surface area contributed by atoms with Crippen molar-refractivity contribution in [2.75, 3.05) is 5.32 Å². The molecule has 2 aromatic rings.